The van der Waals surface area contributed by atoms with Crippen LogP contribution in [0.4, 0.5) is 0 Å². The van der Waals surface area contributed by atoms with Crippen LogP contribution in [0.15, 0.2) is 52.9 Å². The van der Waals surface area contributed by atoms with Gasteiger partial charge in [-0.1, -0.05) is 53.6 Å². The number of hydrogen-bond donors (Lipinski definition) is 0. The van der Waals surface area contributed by atoms with Crippen molar-refractivity contribution in [3.8, 4) is 11.5 Å². The minimum atomic E-state index is -0.392. The molecule has 3 aromatic rings. The topological polar surface area (TPSA) is 79.5 Å². The number of carbonyl (C=O) groups excluding carboxylic acids is 2. The van der Waals surface area contributed by atoms with Gasteiger partial charge in [0.15, 0.2) is 0 Å². The molecule has 0 radical (unpaired) electrons. The molecular formula is C25H27ClN4O3. The van der Waals surface area contributed by atoms with Crippen LogP contribution in [0.1, 0.15) is 37.3 Å². The molecule has 0 bridgehead atoms. The number of carbonyl (C=O) groups is 2. The number of likely N-dealkylation sites (tertiary alicyclic amines) is 1. The second-order valence-electron chi connectivity index (χ2n) is 8.70. The first-order valence-electron chi connectivity index (χ1n) is 11.0. The van der Waals surface area contributed by atoms with Crippen LogP contribution in [-0.2, 0) is 22.7 Å². The van der Waals surface area contributed by atoms with E-state index in [0.717, 1.165) is 5.56 Å². The highest BCUT2D eigenvalue weighted by Gasteiger charge is 2.37. The normalized spacial score (nSPS) is 16.0. The predicted octanol–water partition coefficient (Wildman–Crippen LogP) is 4.48. The van der Waals surface area contributed by atoms with Crippen molar-refractivity contribution in [2.24, 2.45) is 5.92 Å². The lowest BCUT2D eigenvalue weighted by Crippen LogP contribution is -2.41. The molecule has 33 heavy (non-hydrogen) atoms. The molecular weight excluding hydrogens is 440 g/mol. The highest BCUT2D eigenvalue weighted by molar-refractivity contribution is 6.33. The molecule has 0 saturated carbocycles. The van der Waals surface area contributed by atoms with Crippen molar-refractivity contribution in [1.82, 2.24) is 20.0 Å². The fraction of sp³-hybridized carbons (Fsp3) is 0.360. The molecule has 1 aromatic heterocycles. The Kier molecular flexibility index (Phi) is 6.79. The summed E-state index contributed by atoms with van der Waals surface area (Å²) in [6.45, 7) is 6.99. The number of nitrogens with zero attached hydrogens (tertiary/aromatic N) is 4. The third kappa shape index (κ3) is 5.25. The monoisotopic (exact) mass is 466 g/mol. The van der Waals surface area contributed by atoms with Crippen LogP contribution >= 0.6 is 11.6 Å². The summed E-state index contributed by atoms with van der Waals surface area (Å²) in [6.07, 6.45) is 0.211. The van der Waals surface area contributed by atoms with E-state index in [1.807, 2.05) is 57.2 Å². The smallest absolute Gasteiger partial charge is 0.249 e. The molecule has 8 heteroatoms. The van der Waals surface area contributed by atoms with Gasteiger partial charge in [0.2, 0.25) is 23.6 Å². The predicted molar refractivity (Wildman–Crippen MR) is 125 cm³/mol. The lowest BCUT2D eigenvalue weighted by Gasteiger charge is -2.28. The highest BCUT2D eigenvalue weighted by Crippen LogP contribution is 2.28. The molecule has 2 amide bonds. The van der Waals surface area contributed by atoms with Gasteiger partial charge in [0.05, 0.1) is 23.0 Å². The molecule has 7 nitrogen and oxygen atoms in total. The van der Waals surface area contributed by atoms with E-state index in [0.29, 0.717) is 35.5 Å². The van der Waals surface area contributed by atoms with E-state index in [9.17, 15) is 9.59 Å². The number of aromatic nitrogens is 2. The van der Waals surface area contributed by atoms with E-state index in [4.69, 9.17) is 16.0 Å². The van der Waals surface area contributed by atoms with Crippen molar-refractivity contribution < 1.29 is 14.0 Å². The largest absolute Gasteiger partial charge is 0.419 e. The first-order chi connectivity index (χ1) is 15.8. The van der Waals surface area contributed by atoms with E-state index in [1.54, 1.807) is 21.9 Å². The molecule has 4 rings (SSSR count). The van der Waals surface area contributed by atoms with E-state index in [1.165, 1.54) is 5.56 Å². The van der Waals surface area contributed by atoms with Crippen molar-refractivity contribution >= 4 is 23.4 Å². The van der Waals surface area contributed by atoms with Crippen LogP contribution in [0.2, 0.25) is 5.02 Å². The highest BCUT2D eigenvalue weighted by atomic mass is 35.5. The van der Waals surface area contributed by atoms with Crippen LogP contribution in [0.3, 0.4) is 0 Å². The van der Waals surface area contributed by atoms with Gasteiger partial charge in [-0.3, -0.25) is 9.59 Å². The summed E-state index contributed by atoms with van der Waals surface area (Å²) in [5, 5.41) is 8.72. The average molecular weight is 467 g/mol. The second kappa shape index (κ2) is 9.75. The van der Waals surface area contributed by atoms with Gasteiger partial charge in [0.25, 0.3) is 0 Å². The maximum absolute atomic E-state index is 13.3. The molecule has 2 heterocycles. The molecule has 0 N–H and O–H groups in total. The summed E-state index contributed by atoms with van der Waals surface area (Å²) in [5.41, 5.74) is 2.88. The van der Waals surface area contributed by atoms with E-state index in [2.05, 4.69) is 10.2 Å². The number of halogens is 1. The molecule has 1 unspecified atom stereocenters. The van der Waals surface area contributed by atoms with Crippen LogP contribution in [0, 0.1) is 12.8 Å². The summed E-state index contributed by atoms with van der Waals surface area (Å²) in [5.74, 6) is 0.162. The van der Waals surface area contributed by atoms with Gasteiger partial charge in [-0.25, -0.2) is 0 Å². The zero-order chi connectivity index (χ0) is 23.5. The van der Waals surface area contributed by atoms with E-state index < -0.39 is 5.92 Å². The summed E-state index contributed by atoms with van der Waals surface area (Å²) >= 11 is 6.22. The number of benzene rings is 2. The third-order valence-corrected chi connectivity index (χ3v) is 6.17. The Hall–Kier alpha value is -3.19. The Morgan fingerprint density at radius 3 is 2.61 bits per heavy atom. The van der Waals surface area contributed by atoms with Crippen molar-refractivity contribution in [2.45, 2.75) is 46.3 Å². The van der Waals surface area contributed by atoms with E-state index >= 15 is 0 Å². The van der Waals surface area contributed by atoms with Gasteiger partial charge in [0, 0.05) is 25.6 Å². The van der Waals surface area contributed by atoms with E-state index in [-0.39, 0.29) is 30.8 Å². The SMILES string of the molecule is Cc1ccc(CN2CC(C(=O)N(Cc3nnc(-c4ccccc4Cl)o3)C(C)C)CC2=O)cc1. The standard InChI is InChI=1S/C25H27ClN4O3/c1-16(2)30(15-22-27-28-24(33-22)20-6-4-5-7-21(20)26)25(32)19-12-23(31)29(14-19)13-18-10-8-17(3)9-11-18/h4-11,16,19H,12-15H2,1-3H3. The minimum absolute atomic E-state index is 0.00331. The minimum Gasteiger partial charge on any atom is -0.419 e. The number of amides is 2. The maximum atomic E-state index is 13.3. The lowest BCUT2D eigenvalue weighted by atomic mass is 10.1. The van der Waals surface area contributed by atoms with Crippen molar-refractivity contribution in [3.63, 3.8) is 0 Å². The van der Waals surface area contributed by atoms with Gasteiger partial charge in [0.1, 0.15) is 0 Å². The summed E-state index contributed by atoms with van der Waals surface area (Å²) in [7, 11) is 0. The first-order valence-corrected chi connectivity index (χ1v) is 11.4. The van der Waals surface area contributed by atoms with Crippen molar-refractivity contribution in [2.75, 3.05) is 6.54 Å². The van der Waals surface area contributed by atoms with Gasteiger partial charge in [-0.15, -0.1) is 10.2 Å². The Balaban J connectivity index is 1.44. The fourth-order valence-corrected chi connectivity index (χ4v) is 4.18. The van der Waals surface area contributed by atoms with Gasteiger partial charge in [-0.05, 0) is 38.5 Å². The summed E-state index contributed by atoms with van der Waals surface area (Å²) < 4.78 is 5.80. The molecule has 1 saturated heterocycles. The lowest BCUT2D eigenvalue weighted by molar-refractivity contribution is -0.138. The Morgan fingerprint density at radius 1 is 1.18 bits per heavy atom. The summed E-state index contributed by atoms with van der Waals surface area (Å²) in [4.78, 5) is 29.4. The second-order valence-corrected chi connectivity index (χ2v) is 9.11. The summed E-state index contributed by atoms with van der Waals surface area (Å²) in [6, 6.07) is 15.2. The van der Waals surface area contributed by atoms with Crippen LogP contribution in [-0.4, -0.2) is 44.4 Å². The third-order valence-electron chi connectivity index (χ3n) is 5.84. The van der Waals surface area contributed by atoms with Crippen LogP contribution in [0.5, 0.6) is 0 Å². The molecule has 1 fully saturated rings. The maximum Gasteiger partial charge on any atom is 0.249 e. The van der Waals surface area contributed by atoms with Crippen LogP contribution < -0.4 is 0 Å². The fourth-order valence-electron chi connectivity index (χ4n) is 3.96. The average Bonchev–Trinajstić information content (AvgIpc) is 3.40. The quantitative estimate of drug-likeness (QED) is 0.512. The number of aryl methyl sites for hydroxylation is 1. The molecule has 1 aliphatic rings. The molecule has 1 atom stereocenters. The molecule has 1 aliphatic heterocycles. The van der Waals surface area contributed by atoms with Crippen molar-refractivity contribution in [3.05, 3.63) is 70.6 Å². The molecule has 2 aromatic carbocycles. The number of hydrogen-bond acceptors (Lipinski definition) is 5. The van der Waals surface area contributed by atoms with Gasteiger partial charge < -0.3 is 14.2 Å². The first kappa shape index (κ1) is 23.0. The Morgan fingerprint density at radius 2 is 1.91 bits per heavy atom. The molecule has 0 spiro atoms. The van der Waals surface area contributed by atoms with Gasteiger partial charge in [-0.2, -0.15) is 0 Å². The van der Waals surface area contributed by atoms with Crippen LogP contribution in [0.25, 0.3) is 11.5 Å². The zero-order valence-electron chi connectivity index (χ0n) is 19.0. The molecule has 0 aliphatic carbocycles. The number of rotatable bonds is 7. The Bertz CT molecular complexity index is 1140. The zero-order valence-corrected chi connectivity index (χ0v) is 19.7. The molecule has 172 valence electrons. The van der Waals surface area contributed by atoms with Gasteiger partial charge >= 0.3 is 0 Å². The van der Waals surface area contributed by atoms with Crippen molar-refractivity contribution in [1.29, 1.82) is 0 Å². The Labute approximate surface area is 198 Å².